The van der Waals surface area contributed by atoms with Gasteiger partial charge in [-0.1, -0.05) is 52.4 Å². The molecule has 141 heavy (non-hydrogen) atoms. The Kier molecular flexibility index (Phi) is 46.8. The van der Waals surface area contributed by atoms with E-state index in [0.29, 0.717) is 64.2 Å². The average molecular weight is 2060 g/mol. The fourth-order valence-corrected chi connectivity index (χ4v) is 18.9. The first-order chi connectivity index (χ1) is 67.0. The van der Waals surface area contributed by atoms with E-state index in [2.05, 4.69) is 10.6 Å². The van der Waals surface area contributed by atoms with Crippen LogP contribution in [0.15, 0.2) is 0 Å². The van der Waals surface area contributed by atoms with Crippen molar-refractivity contribution in [1.82, 2.24) is 10.6 Å². The number of hydrogen-bond donors (Lipinski definition) is 31. The van der Waals surface area contributed by atoms with Crippen LogP contribution in [0.4, 0.5) is 0 Å². The van der Waals surface area contributed by atoms with Crippen molar-refractivity contribution in [3.05, 3.63) is 0 Å². The molecule has 53 atom stereocenters. The fourth-order valence-electron chi connectivity index (χ4n) is 18.9. The molecule has 2 amide bonds. The van der Waals surface area contributed by atoms with Crippen molar-refractivity contribution in [1.29, 1.82) is 0 Å². The number of Topliss-reactive ketones (excluding diaryl/α,β-unsaturated/α-hetero) is 2. The van der Waals surface area contributed by atoms with E-state index in [1.54, 1.807) is 6.92 Å². The lowest BCUT2D eigenvalue weighted by Gasteiger charge is -2.51. The third-order valence-corrected chi connectivity index (χ3v) is 27.4. The van der Waals surface area contributed by atoms with Crippen LogP contribution in [0.2, 0.25) is 0 Å². The summed E-state index contributed by atoms with van der Waals surface area (Å²) in [6.45, 7) is -0.834. The van der Waals surface area contributed by atoms with Crippen LogP contribution in [0.5, 0.6) is 0 Å². The molecule has 10 aliphatic rings. The Morgan fingerprint density at radius 3 is 1.19 bits per heavy atom. The van der Waals surface area contributed by atoms with Gasteiger partial charge in [0.05, 0.1) is 83.8 Å². The van der Waals surface area contributed by atoms with Gasteiger partial charge in [0, 0.05) is 57.7 Å². The van der Waals surface area contributed by atoms with Crippen molar-refractivity contribution in [2.75, 3.05) is 72.7 Å². The van der Waals surface area contributed by atoms with Crippen molar-refractivity contribution in [3.63, 3.8) is 0 Å². The zero-order valence-electron chi connectivity index (χ0n) is 78.6. The van der Waals surface area contributed by atoms with Gasteiger partial charge in [-0.2, -0.15) is 0 Å². The van der Waals surface area contributed by atoms with Crippen LogP contribution in [0, 0.1) is 17.8 Å². The monoisotopic (exact) mass is 2060 g/mol. The van der Waals surface area contributed by atoms with Crippen molar-refractivity contribution in [2.24, 2.45) is 17.8 Å². The molecule has 820 valence electrons. The third-order valence-electron chi connectivity index (χ3n) is 27.4. The SMILES string of the molecule is CC(=O)NC1[C@H](O[C@@H]2C(O)[C@@H](O[C@H]3C(CO)O[C@@H](O[C@@H]4C(CO)O[C@@H](OCCCCCC[C@H](C)C(=O)C[C@@H](CCCCCCO[C@@H]5OC(CO)[C@@H](O[C@@H]6OC(CO)[C@H](O[C@@H]7OC(CO)[C@H](O)[C@H](O)C7C)[C@H](OC7CC(O)[C@@H](NC(C)=O)[C@H]([C@H](O)[C@H](O)CO)O7)C6O)[C@H](O)C5O)C(C)=O)C(O)[C@H]4O)C(O)[C@H]3O)OC(CO)[C@@H]2O)OC(CO)[C@H](O)[C@@H]1O[C@@H]1OC(CO)[C@H](O)[C@H](O)C1O[C@@H]1OC(C)[C@@H](O)[C@H](O)C1O. The Labute approximate surface area is 809 Å². The summed E-state index contributed by atoms with van der Waals surface area (Å²) in [5, 5.41) is 323. The summed E-state index contributed by atoms with van der Waals surface area (Å²) in [6, 6.07) is -3.24. The first kappa shape index (κ1) is 119. The summed E-state index contributed by atoms with van der Waals surface area (Å²) in [7, 11) is 0. The van der Waals surface area contributed by atoms with Crippen LogP contribution >= 0.6 is 0 Å². The number of rotatable bonds is 49. The highest BCUT2D eigenvalue weighted by atomic mass is 16.8. The van der Waals surface area contributed by atoms with Gasteiger partial charge in [0.25, 0.3) is 0 Å². The molecule has 0 aromatic rings. The summed E-state index contributed by atoms with van der Waals surface area (Å²) < 4.78 is 118. The standard InChI is InChI=1S/C86H148N2O53/c1-30(37(101)19-36(32(3)98)16-12-8-10-14-18-123-81-65(118)61(114)70(45(27-95)130-81)137-85-68(121)76(72(47(29-97)132-85)138-78-31(2)51(104)54(107)40(22-90)125-78)134-48-20-38(102)49(87-34(5)99)73(133-48)53(106)39(103)21-89)15-11-7-9-13-17-122-80-64(117)60(113)69(44(26-94)129-80)135-83-66(119)62(115)71(46(28-96)131-83)136-84-67(120)75(57(110)43(25-93)127-84)140-79-50(88-35(6)100)74(56(109)42(24-92)126-79)139-86-77(59(112)55(108)41(23-91)128-86)141-82-63(116)58(111)52(105)33(4)124-82/h30-31,33,36,38-86,89-97,102-121H,7-29H2,1-6H3,(H,87,99)(H,88,100)/t30-,31?,33?,36+,38?,39+,40?,41?,42?,43?,44?,45?,46?,47?,48?,49+,50?,51+,52+,53+,54-,55-,56-,57-,58-,59-,60+,61+,62+,63?,64?,65?,66?,67?,68?,69+,70+,71-,72-,73+,74+,75-,76+,77?,78-,79-,80+,81+,82-,83-,84+,85-,86-/m0/s1. The quantitative estimate of drug-likeness (QED) is 0.0252. The van der Waals surface area contributed by atoms with Crippen LogP contribution < -0.4 is 10.6 Å². The first-order valence-electron chi connectivity index (χ1n) is 47.6. The average Bonchev–Trinajstić information content (AvgIpc) is 0.762. The Bertz CT molecular complexity index is 3700. The second-order valence-corrected chi connectivity index (χ2v) is 37.6. The van der Waals surface area contributed by atoms with E-state index in [0.717, 1.165) is 13.8 Å². The lowest BCUT2D eigenvalue weighted by molar-refractivity contribution is -0.393. The summed E-state index contributed by atoms with van der Waals surface area (Å²) in [6.07, 6.45) is -83.6. The molecule has 10 rings (SSSR count). The summed E-state index contributed by atoms with van der Waals surface area (Å²) in [4.78, 5) is 51.6. The minimum atomic E-state index is -2.28. The first-order valence-corrected chi connectivity index (χ1v) is 47.6. The largest absolute Gasteiger partial charge is 0.394 e. The zero-order valence-corrected chi connectivity index (χ0v) is 78.6. The number of hydrogen-bond acceptors (Lipinski definition) is 53. The molecule has 55 nitrogen and oxygen atoms in total. The maximum atomic E-state index is 13.5. The van der Waals surface area contributed by atoms with Gasteiger partial charge < -0.3 is 253 Å². The van der Waals surface area contributed by atoms with Gasteiger partial charge in [-0.15, -0.1) is 0 Å². The molecular formula is C86H148N2O53. The normalized spacial score (nSPS) is 45.1. The minimum Gasteiger partial charge on any atom is -0.394 e. The van der Waals surface area contributed by atoms with E-state index >= 15 is 0 Å². The second-order valence-electron chi connectivity index (χ2n) is 37.6. The molecule has 0 radical (unpaired) electrons. The molecule has 0 aromatic heterocycles. The van der Waals surface area contributed by atoms with E-state index < -0.39 is 402 Å². The highest BCUT2D eigenvalue weighted by molar-refractivity contribution is 5.87. The molecule has 0 bridgehead atoms. The highest BCUT2D eigenvalue weighted by Gasteiger charge is 2.62. The predicted octanol–water partition coefficient (Wildman–Crippen LogP) is -15.7. The molecule has 10 fully saturated rings. The molecule has 10 aliphatic heterocycles. The predicted molar refractivity (Wildman–Crippen MR) is 455 cm³/mol. The number of aliphatic hydroxyl groups is 29. The molecule has 10 saturated heterocycles. The smallest absolute Gasteiger partial charge is 0.217 e. The molecule has 0 aliphatic carbocycles. The van der Waals surface area contributed by atoms with Gasteiger partial charge >= 0.3 is 0 Å². The number of nitrogens with one attached hydrogen (secondary N) is 2. The van der Waals surface area contributed by atoms with Crippen LogP contribution in [0.3, 0.4) is 0 Å². The van der Waals surface area contributed by atoms with Crippen LogP contribution in [-0.2, 0) is 114 Å². The van der Waals surface area contributed by atoms with Crippen LogP contribution in [0.1, 0.15) is 119 Å². The fraction of sp³-hybridized carbons (Fsp3) is 0.953. The van der Waals surface area contributed by atoms with E-state index in [-0.39, 0.29) is 31.2 Å². The minimum absolute atomic E-state index is 0.00190. The van der Waals surface area contributed by atoms with E-state index in [4.69, 9.17) is 94.7 Å². The van der Waals surface area contributed by atoms with Crippen molar-refractivity contribution in [2.45, 2.75) is 426 Å². The van der Waals surface area contributed by atoms with Crippen LogP contribution in [-0.4, -0.2) is 551 Å². The Hall–Kier alpha value is -3.68. The maximum Gasteiger partial charge on any atom is 0.217 e. The molecule has 10 heterocycles. The Balaban J connectivity index is 0.642. The van der Waals surface area contributed by atoms with Gasteiger partial charge in [0.15, 0.2) is 62.9 Å². The van der Waals surface area contributed by atoms with Gasteiger partial charge in [0.2, 0.25) is 11.8 Å². The summed E-state index contributed by atoms with van der Waals surface area (Å²) in [5.41, 5.74) is 0. The third kappa shape index (κ3) is 29.2. The van der Waals surface area contributed by atoms with E-state index in [9.17, 15) is 167 Å². The van der Waals surface area contributed by atoms with E-state index in [1.807, 2.05) is 0 Å². The number of ether oxygens (including phenoxy) is 20. The summed E-state index contributed by atoms with van der Waals surface area (Å²) in [5.74, 6) is -3.93. The van der Waals surface area contributed by atoms with Crippen LogP contribution in [0.25, 0.3) is 0 Å². The zero-order chi connectivity index (χ0) is 104. The molecular weight excluding hydrogens is 1910 g/mol. The Morgan fingerprint density at radius 2 is 0.695 bits per heavy atom. The van der Waals surface area contributed by atoms with Crippen molar-refractivity contribution in [3.8, 4) is 0 Å². The number of unbranched alkanes of at least 4 members (excludes halogenated alkanes) is 6. The number of carbonyl (C=O) groups excluding carboxylic acids is 4. The lowest BCUT2D eigenvalue weighted by Crippen LogP contribution is -2.70. The summed E-state index contributed by atoms with van der Waals surface area (Å²) >= 11 is 0. The topological polar surface area (TPSA) is 864 Å². The molecule has 20 unspecified atom stereocenters. The number of aliphatic hydroxyl groups excluding tert-OH is 29. The number of carbonyl (C=O) groups is 4. The Morgan fingerprint density at radius 1 is 0.326 bits per heavy atom. The molecule has 0 spiro atoms. The molecule has 0 aromatic carbocycles. The van der Waals surface area contributed by atoms with Gasteiger partial charge in [-0.25, -0.2) is 0 Å². The van der Waals surface area contributed by atoms with Crippen molar-refractivity contribution >= 4 is 23.4 Å². The molecule has 31 N–H and O–H groups in total. The van der Waals surface area contributed by atoms with Gasteiger partial charge in [-0.05, 0) is 39.5 Å². The van der Waals surface area contributed by atoms with Gasteiger partial charge in [-0.3, -0.25) is 19.2 Å². The maximum absolute atomic E-state index is 13.5. The molecule has 55 heteroatoms. The van der Waals surface area contributed by atoms with Gasteiger partial charge in [0.1, 0.15) is 231 Å². The lowest BCUT2D eigenvalue weighted by atomic mass is 9.87. The highest BCUT2D eigenvalue weighted by Crippen LogP contribution is 2.42. The van der Waals surface area contributed by atoms with E-state index in [1.165, 1.54) is 20.8 Å². The number of amides is 2. The number of ketones is 2. The second kappa shape index (κ2) is 55.4. The van der Waals surface area contributed by atoms with Crippen molar-refractivity contribution < 1.29 is 262 Å². The molecule has 0 saturated carbocycles.